The first-order chi connectivity index (χ1) is 12.0. The molecule has 1 heterocycles. The van der Waals surface area contributed by atoms with Crippen LogP contribution in [0.15, 0.2) is 54.6 Å². The summed E-state index contributed by atoms with van der Waals surface area (Å²) in [5, 5.41) is 2.95. The van der Waals surface area contributed by atoms with Crippen molar-refractivity contribution < 1.29 is 9.59 Å². The highest BCUT2D eigenvalue weighted by atomic mass is 16.2. The van der Waals surface area contributed by atoms with E-state index in [9.17, 15) is 9.59 Å². The number of hydrogen-bond donors (Lipinski definition) is 1. The zero-order valence-corrected chi connectivity index (χ0v) is 14.7. The number of benzene rings is 2. The highest BCUT2D eigenvalue weighted by Crippen LogP contribution is 2.28. The molecule has 1 atom stereocenters. The fourth-order valence-electron chi connectivity index (χ4n) is 3.35. The first-order valence-electron chi connectivity index (χ1n) is 8.78. The summed E-state index contributed by atoms with van der Waals surface area (Å²) in [7, 11) is 0. The third-order valence-corrected chi connectivity index (χ3v) is 4.46. The van der Waals surface area contributed by atoms with Gasteiger partial charge in [-0.3, -0.25) is 9.59 Å². The summed E-state index contributed by atoms with van der Waals surface area (Å²) in [5.74, 6) is 0.329. The highest BCUT2D eigenvalue weighted by molar-refractivity contribution is 5.97. The average molecular weight is 336 g/mol. The molecule has 1 saturated heterocycles. The number of amides is 2. The summed E-state index contributed by atoms with van der Waals surface area (Å²) in [4.78, 5) is 26.6. The molecule has 1 N–H and O–H groups in total. The van der Waals surface area contributed by atoms with Crippen LogP contribution < -0.4 is 10.2 Å². The molecular formula is C21H24N2O2. The minimum Gasteiger partial charge on any atom is -0.350 e. The Morgan fingerprint density at radius 1 is 1.12 bits per heavy atom. The molecule has 1 fully saturated rings. The first-order valence-corrected chi connectivity index (χ1v) is 8.78. The van der Waals surface area contributed by atoms with Gasteiger partial charge >= 0.3 is 0 Å². The Bertz CT molecular complexity index is 756. The van der Waals surface area contributed by atoms with Crippen molar-refractivity contribution in [1.29, 1.82) is 0 Å². The minimum absolute atomic E-state index is 0.0464. The summed E-state index contributed by atoms with van der Waals surface area (Å²) >= 11 is 0. The summed E-state index contributed by atoms with van der Waals surface area (Å²) in [6.07, 6.45) is 1.26. The molecule has 1 aliphatic heterocycles. The molecule has 0 aromatic heterocycles. The zero-order valence-electron chi connectivity index (χ0n) is 14.7. The topological polar surface area (TPSA) is 49.4 Å². The van der Waals surface area contributed by atoms with Crippen molar-refractivity contribution in [2.24, 2.45) is 5.92 Å². The Hall–Kier alpha value is -2.62. The normalized spacial score (nSPS) is 17.2. The smallest absolute Gasteiger partial charge is 0.251 e. The zero-order chi connectivity index (χ0) is 17.8. The van der Waals surface area contributed by atoms with Crippen LogP contribution in [0.2, 0.25) is 0 Å². The van der Waals surface area contributed by atoms with E-state index in [4.69, 9.17) is 0 Å². The van der Waals surface area contributed by atoms with E-state index in [1.54, 1.807) is 0 Å². The Kier molecular flexibility index (Phi) is 5.17. The van der Waals surface area contributed by atoms with E-state index in [1.165, 1.54) is 0 Å². The third kappa shape index (κ3) is 4.08. The molecule has 2 aromatic rings. The van der Waals surface area contributed by atoms with Gasteiger partial charge in [0.05, 0.1) is 0 Å². The van der Waals surface area contributed by atoms with Crippen molar-refractivity contribution in [2.75, 3.05) is 11.4 Å². The van der Waals surface area contributed by atoms with Gasteiger partial charge in [0.25, 0.3) is 5.91 Å². The van der Waals surface area contributed by atoms with Crippen molar-refractivity contribution in [3.8, 4) is 0 Å². The van der Waals surface area contributed by atoms with Crippen molar-refractivity contribution in [3.05, 3.63) is 65.7 Å². The molecule has 0 radical (unpaired) electrons. The van der Waals surface area contributed by atoms with Crippen LogP contribution in [0.4, 0.5) is 5.69 Å². The van der Waals surface area contributed by atoms with Gasteiger partial charge in [-0.25, -0.2) is 0 Å². The van der Waals surface area contributed by atoms with E-state index >= 15 is 0 Å². The molecule has 25 heavy (non-hydrogen) atoms. The second-order valence-electron chi connectivity index (χ2n) is 6.90. The molecule has 130 valence electrons. The number of nitrogens with one attached hydrogen (secondary N) is 1. The molecule has 2 amide bonds. The Labute approximate surface area is 148 Å². The van der Waals surface area contributed by atoms with E-state index in [2.05, 4.69) is 5.32 Å². The van der Waals surface area contributed by atoms with Crippen LogP contribution in [0.3, 0.4) is 0 Å². The fourth-order valence-corrected chi connectivity index (χ4v) is 3.35. The lowest BCUT2D eigenvalue weighted by molar-refractivity contribution is -0.117. The monoisotopic (exact) mass is 336 g/mol. The lowest BCUT2D eigenvalue weighted by Gasteiger charge is -2.17. The lowest BCUT2D eigenvalue weighted by atomic mass is 9.94. The SMILES string of the molecule is CC(C)NC(=O)c1ccccc1C[C@@H]1CC(=O)N(c2ccccc2)C1. The van der Waals surface area contributed by atoms with Crippen LogP contribution >= 0.6 is 0 Å². The van der Waals surface area contributed by atoms with Gasteiger partial charge in [-0.1, -0.05) is 36.4 Å². The predicted octanol–water partition coefficient (Wildman–Crippen LogP) is 3.42. The number of nitrogens with zero attached hydrogens (tertiary/aromatic N) is 1. The Morgan fingerprint density at radius 3 is 2.52 bits per heavy atom. The van der Waals surface area contributed by atoms with E-state index in [0.29, 0.717) is 18.5 Å². The van der Waals surface area contributed by atoms with Crippen LogP contribution in [0.25, 0.3) is 0 Å². The molecular weight excluding hydrogens is 312 g/mol. The number of anilines is 1. The summed E-state index contributed by atoms with van der Waals surface area (Å²) in [6, 6.07) is 17.6. The molecule has 3 rings (SSSR count). The highest BCUT2D eigenvalue weighted by Gasteiger charge is 2.31. The predicted molar refractivity (Wildman–Crippen MR) is 99.7 cm³/mol. The number of carbonyl (C=O) groups is 2. The molecule has 0 aliphatic carbocycles. The van der Waals surface area contributed by atoms with E-state index in [1.807, 2.05) is 73.3 Å². The Balaban J connectivity index is 1.74. The van der Waals surface area contributed by atoms with Crippen molar-refractivity contribution in [1.82, 2.24) is 5.32 Å². The quantitative estimate of drug-likeness (QED) is 0.909. The van der Waals surface area contributed by atoms with Gasteiger partial charge in [0.2, 0.25) is 5.91 Å². The molecule has 0 bridgehead atoms. The van der Waals surface area contributed by atoms with Crippen LogP contribution in [-0.2, 0) is 11.2 Å². The van der Waals surface area contributed by atoms with Crippen LogP contribution in [0, 0.1) is 5.92 Å². The van der Waals surface area contributed by atoms with Crippen LogP contribution in [0.5, 0.6) is 0 Å². The van der Waals surface area contributed by atoms with E-state index in [-0.39, 0.29) is 23.8 Å². The molecule has 0 spiro atoms. The molecule has 2 aromatic carbocycles. The van der Waals surface area contributed by atoms with Gasteiger partial charge in [-0.15, -0.1) is 0 Å². The standard InChI is InChI=1S/C21H24N2O2/c1-15(2)22-21(25)19-11-7-6-8-17(19)12-16-13-20(24)23(14-16)18-9-4-3-5-10-18/h3-11,15-16H,12-14H2,1-2H3,(H,22,25)/t16-/m1/s1. The second-order valence-corrected chi connectivity index (χ2v) is 6.90. The van der Waals surface area contributed by atoms with Gasteiger partial charge in [0.1, 0.15) is 0 Å². The second kappa shape index (κ2) is 7.51. The van der Waals surface area contributed by atoms with Crippen molar-refractivity contribution in [2.45, 2.75) is 32.7 Å². The van der Waals surface area contributed by atoms with Gasteiger partial charge in [-0.05, 0) is 49.9 Å². The third-order valence-electron chi connectivity index (χ3n) is 4.46. The van der Waals surface area contributed by atoms with Crippen molar-refractivity contribution in [3.63, 3.8) is 0 Å². The molecule has 1 aliphatic rings. The maximum atomic E-state index is 12.4. The summed E-state index contributed by atoms with van der Waals surface area (Å²) in [5.41, 5.74) is 2.66. The number of carbonyl (C=O) groups excluding carboxylic acids is 2. The largest absolute Gasteiger partial charge is 0.350 e. The molecule has 0 unspecified atom stereocenters. The molecule has 4 nitrogen and oxygen atoms in total. The van der Waals surface area contributed by atoms with Crippen molar-refractivity contribution >= 4 is 17.5 Å². The summed E-state index contributed by atoms with van der Waals surface area (Å²) < 4.78 is 0. The van der Waals surface area contributed by atoms with Gasteiger partial charge < -0.3 is 10.2 Å². The Morgan fingerprint density at radius 2 is 1.80 bits per heavy atom. The van der Waals surface area contributed by atoms with Gasteiger partial charge in [0.15, 0.2) is 0 Å². The van der Waals surface area contributed by atoms with E-state index in [0.717, 1.165) is 17.7 Å². The fraction of sp³-hybridized carbons (Fsp3) is 0.333. The number of rotatable bonds is 5. The maximum absolute atomic E-state index is 12.4. The molecule has 4 heteroatoms. The van der Waals surface area contributed by atoms with Gasteiger partial charge in [0, 0.05) is 30.3 Å². The summed E-state index contributed by atoms with van der Waals surface area (Å²) in [6.45, 7) is 4.60. The minimum atomic E-state index is -0.0464. The maximum Gasteiger partial charge on any atom is 0.251 e. The van der Waals surface area contributed by atoms with Crippen LogP contribution in [-0.4, -0.2) is 24.4 Å². The average Bonchev–Trinajstić information content (AvgIpc) is 2.96. The number of hydrogen-bond acceptors (Lipinski definition) is 2. The van der Waals surface area contributed by atoms with Crippen LogP contribution in [0.1, 0.15) is 36.2 Å². The lowest BCUT2D eigenvalue weighted by Crippen LogP contribution is -2.31. The van der Waals surface area contributed by atoms with Gasteiger partial charge in [-0.2, -0.15) is 0 Å². The first kappa shape index (κ1) is 17.2. The number of para-hydroxylation sites is 1. The molecule has 0 saturated carbocycles. The van der Waals surface area contributed by atoms with E-state index < -0.39 is 0 Å².